The van der Waals surface area contributed by atoms with E-state index < -0.39 is 11.0 Å². The SMILES string of the molecule is CC1CCC(O)(C2(C#N)CCCCC2)CC1C. The Morgan fingerprint density at radius 3 is 2.24 bits per heavy atom. The van der Waals surface area contributed by atoms with E-state index in [-0.39, 0.29) is 0 Å². The second-order valence-corrected chi connectivity index (χ2v) is 6.48. The van der Waals surface area contributed by atoms with Crippen LogP contribution in [0.5, 0.6) is 0 Å². The van der Waals surface area contributed by atoms with E-state index in [1.807, 2.05) is 0 Å². The molecule has 2 rings (SSSR count). The van der Waals surface area contributed by atoms with Crippen molar-refractivity contribution in [2.75, 3.05) is 0 Å². The molecule has 0 radical (unpaired) electrons. The Hall–Kier alpha value is -0.550. The lowest BCUT2D eigenvalue weighted by Crippen LogP contribution is -2.52. The molecule has 0 spiro atoms. The van der Waals surface area contributed by atoms with Gasteiger partial charge in [-0.05, 0) is 43.9 Å². The first-order valence-electron chi connectivity index (χ1n) is 7.17. The average molecular weight is 235 g/mol. The van der Waals surface area contributed by atoms with Crippen LogP contribution in [-0.4, -0.2) is 10.7 Å². The number of nitriles is 1. The fourth-order valence-corrected chi connectivity index (χ4v) is 3.86. The second-order valence-electron chi connectivity index (χ2n) is 6.48. The lowest BCUT2D eigenvalue weighted by molar-refractivity contribution is -0.117. The fourth-order valence-electron chi connectivity index (χ4n) is 3.86. The number of hydrogen-bond acceptors (Lipinski definition) is 2. The van der Waals surface area contributed by atoms with Gasteiger partial charge >= 0.3 is 0 Å². The zero-order valence-corrected chi connectivity index (χ0v) is 11.2. The summed E-state index contributed by atoms with van der Waals surface area (Å²) >= 11 is 0. The Bertz CT molecular complexity index is 313. The van der Waals surface area contributed by atoms with E-state index in [1.54, 1.807) is 0 Å². The van der Waals surface area contributed by atoms with E-state index in [0.29, 0.717) is 11.8 Å². The van der Waals surface area contributed by atoms with E-state index in [2.05, 4.69) is 19.9 Å². The highest BCUT2D eigenvalue weighted by Crippen LogP contribution is 2.52. The van der Waals surface area contributed by atoms with E-state index in [4.69, 9.17) is 0 Å². The highest BCUT2D eigenvalue weighted by molar-refractivity contribution is 5.14. The van der Waals surface area contributed by atoms with Crippen LogP contribution in [-0.2, 0) is 0 Å². The number of aliphatic hydroxyl groups is 1. The maximum Gasteiger partial charge on any atom is 0.0860 e. The first-order chi connectivity index (χ1) is 8.03. The topological polar surface area (TPSA) is 44.0 Å². The van der Waals surface area contributed by atoms with Crippen molar-refractivity contribution in [3.8, 4) is 6.07 Å². The van der Waals surface area contributed by atoms with Gasteiger partial charge in [-0.2, -0.15) is 5.26 Å². The molecule has 0 amide bonds. The molecule has 0 saturated heterocycles. The molecule has 0 aromatic carbocycles. The first-order valence-corrected chi connectivity index (χ1v) is 7.17. The molecule has 1 N–H and O–H groups in total. The summed E-state index contributed by atoms with van der Waals surface area (Å²) in [5, 5.41) is 20.6. The summed E-state index contributed by atoms with van der Waals surface area (Å²) in [6, 6.07) is 2.51. The van der Waals surface area contributed by atoms with Crippen LogP contribution in [0.2, 0.25) is 0 Å². The van der Waals surface area contributed by atoms with Crippen molar-refractivity contribution >= 4 is 0 Å². The van der Waals surface area contributed by atoms with Crippen molar-refractivity contribution in [2.45, 2.75) is 70.8 Å². The number of rotatable bonds is 1. The van der Waals surface area contributed by atoms with Crippen molar-refractivity contribution < 1.29 is 5.11 Å². The molecular weight excluding hydrogens is 210 g/mol. The summed E-state index contributed by atoms with van der Waals surface area (Å²) < 4.78 is 0. The van der Waals surface area contributed by atoms with Gasteiger partial charge in [0.25, 0.3) is 0 Å². The van der Waals surface area contributed by atoms with Crippen molar-refractivity contribution in [1.82, 2.24) is 0 Å². The van der Waals surface area contributed by atoms with Crippen molar-refractivity contribution in [3.63, 3.8) is 0 Å². The largest absolute Gasteiger partial charge is 0.388 e. The fraction of sp³-hybridized carbons (Fsp3) is 0.933. The minimum absolute atomic E-state index is 0.445. The first kappa shape index (κ1) is 12.9. The molecule has 0 heterocycles. The summed E-state index contributed by atoms with van der Waals surface area (Å²) in [5.41, 5.74) is -1.16. The molecule has 3 unspecified atom stereocenters. The van der Waals surface area contributed by atoms with Crippen LogP contribution in [0.25, 0.3) is 0 Å². The molecule has 2 aliphatic carbocycles. The zero-order valence-electron chi connectivity index (χ0n) is 11.2. The maximum absolute atomic E-state index is 11.0. The van der Waals surface area contributed by atoms with E-state index in [1.165, 1.54) is 6.42 Å². The highest BCUT2D eigenvalue weighted by Gasteiger charge is 2.53. The number of nitrogens with zero attached hydrogens (tertiary/aromatic N) is 1. The highest BCUT2D eigenvalue weighted by atomic mass is 16.3. The third-order valence-electron chi connectivity index (χ3n) is 5.46. The van der Waals surface area contributed by atoms with Gasteiger partial charge in [0, 0.05) is 0 Å². The molecule has 2 aliphatic rings. The van der Waals surface area contributed by atoms with Gasteiger partial charge < -0.3 is 5.11 Å². The van der Waals surface area contributed by atoms with Crippen LogP contribution < -0.4 is 0 Å². The van der Waals surface area contributed by atoms with Crippen molar-refractivity contribution in [2.24, 2.45) is 17.3 Å². The smallest absolute Gasteiger partial charge is 0.0860 e. The lowest BCUT2D eigenvalue weighted by atomic mass is 9.57. The van der Waals surface area contributed by atoms with Gasteiger partial charge in [0.15, 0.2) is 0 Å². The van der Waals surface area contributed by atoms with Crippen LogP contribution in [0.15, 0.2) is 0 Å². The molecule has 2 fully saturated rings. The van der Waals surface area contributed by atoms with Crippen LogP contribution in [0, 0.1) is 28.6 Å². The normalized spacial score (nSPS) is 41.8. The quantitative estimate of drug-likeness (QED) is 0.754. The Balaban J connectivity index is 2.21. The molecule has 0 aliphatic heterocycles. The summed E-state index contributed by atoms with van der Waals surface area (Å²) in [4.78, 5) is 0. The number of hydrogen-bond donors (Lipinski definition) is 1. The molecule has 17 heavy (non-hydrogen) atoms. The lowest BCUT2D eigenvalue weighted by Gasteiger charge is -2.50. The van der Waals surface area contributed by atoms with Crippen LogP contribution in [0.4, 0.5) is 0 Å². The monoisotopic (exact) mass is 235 g/mol. The predicted octanol–water partition coefficient (Wildman–Crippen LogP) is 3.65. The standard InChI is InChI=1S/C15H25NO/c1-12-6-9-15(17,10-13(12)2)14(11-16)7-4-3-5-8-14/h12-13,17H,3-10H2,1-2H3. The van der Waals surface area contributed by atoms with Gasteiger partial charge in [-0.1, -0.05) is 33.1 Å². The van der Waals surface area contributed by atoms with Crippen LogP contribution in [0.1, 0.15) is 65.2 Å². The second kappa shape index (κ2) is 4.61. The summed E-state index contributed by atoms with van der Waals surface area (Å²) in [7, 11) is 0. The van der Waals surface area contributed by atoms with Gasteiger partial charge in [0.2, 0.25) is 0 Å². The summed E-state index contributed by atoms with van der Waals surface area (Å²) in [6.45, 7) is 4.49. The molecular formula is C15H25NO. The molecule has 0 aromatic rings. The van der Waals surface area contributed by atoms with Gasteiger partial charge in [-0.15, -0.1) is 0 Å². The Labute approximate surface area is 105 Å². The Morgan fingerprint density at radius 2 is 1.71 bits per heavy atom. The zero-order chi connectivity index (χ0) is 12.5. The third kappa shape index (κ3) is 2.10. The summed E-state index contributed by atoms with van der Waals surface area (Å²) in [5.74, 6) is 1.23. The Kier molecular flexibility index (Phi) is 3.50. The van der Waals surface area contributed by atoms with E-state index in [0.717, 1.165) is 44.9 Å². The van der Waals surface area contributed by atoms with Crippen molar-refractivity contribution in [3.05, 3.63) is 0 Å². The van der Waals surface area contributed by atoms with Crippen LogP contribution in [0.3, 0.4) is 0 Å². The van der Waals surface area contributed by atoms with Gasteiger partial charge in [0.05, 0.1) is 17.1 Å². The summed E-state index contributed by atoms with van der Waals surface area (Å²) in [6.07, 6.45) is 7.97. The van der Waals surface area contributed by atoms with Crippen molar-refractivity contribution in [1.29, 1.82) is 5.26 Å². The molecule has 96 valence electrons. The molecule has 0 bridgehead atoms. The predicted molar refractivity (Wildman–Crippen MR) is 68.3 cm³/mol. The molecule has 2 saturated carbocycles. The average Bonchev–Trinajstić information content (AvgIpc) is 2.35. The minimum Gasteiger partial charge on any atom is -0.388 e. The maximum atomic E-state index is 11.0. The van der Waals surface area contributed by atoms with E-state index in [9.17, 15) is 10.4 Å². The Morgan fingerprint density at radius 1 is 1.06 bits per heavy atom. The molecule has 2 nitrogen and oxygen atoms in total. The van der Waals surface area contributed by atoms with E-state index >= 15 is 0 Å². The van der Waals surface area contributed by atoms with Crippen LogP contribution >= 0.6 is 0 Å². The van der Waals surface area contributed by atoms with Gasteiger partial charge in [-0.3, -0.25) is 0 Å². The third-order valence-corrected chi connectivity index (χ3v) is 5.46. The van der Waals surface area contributed by atoms with Gasteiger partial charge in [0.1, 0.15) is 0 Å². The molecule has 0 aromatic heterocycles. The minimum atomic E-state index is -0.714. The van der Waals surface area contributed by atoms with Gasteiger partial charge in [-0.25, -0.2) is 0 Å². The molecule has 3 atom stereocenters. The molecule has 2 heteroatoms.